The molecule has 4 nitrogen and oxygen atoms in total. The molecule has 1 aromatic rings. The number of likely N-dealkylation sites (tertiary alicyclic amines) is 1. The van der Waals surface area contributed by atoms with E-state index in [4.69, 9.17) is 5.26 Å². The first-order valence-electron chi connectivity index (χ1n) is 7.70. The van der Waals surface area contributed by atoms with Crippen LogP contribution in [-0.2, 0) is 4.79 Å². The zero-order chi connectivity index (χ0) is 15.1. The predicted octanol–water partition coefficient (Wildman–Crippen LogP) is 3.01. The molecule has 1 aliphatic heterocycles. The van der Waals surface area contributed by atoms with Gasteiger partial charge in [-0.2, -0.15) is 5.26 Å². The highest BCUT2D eigenvalue weighted by atomic mass is 16.1. The molecule has 0 radical (unpaired) electrons. The molecule has 0 spiro atoms. The molecule has 112 valence electrons. The number of carbonyl (C=O) groups is 1. The number of nitriles is 1. The Balaban J connectivity index is 1.68. The molecule has 4 heteroatoms. The molecule has 1 atom stereocenters. The summed E-state index contributed by atoms with van der Waals surface area (Å²) < 4.78 is 0. The highest BCUT2D eigenvalue weighted by molar-refractivity contribution is 5.90. The lowest BCUT2D eigenvalue weighted by molar-refractivity contribution is -0.116. The summed E-state index contributed by atoms with van der Waals surface area (Å²) in [6, 6.07) is 9.02. The molecule has 0 aliphatic carbocycles. The second-order valence-corrected chi connectivity index (χ2v) is 5.89. The third-order valence-corrected chi connectivity index (χ3v) is 3.92. The third kappa shape index (κ3) is 5.20. The average Bonchev–Trinajstić information content (AvgIpc) is 2.48. The number of benzene rings is 1. The van der Waals surface area contributed by atoms with Crippen LogP contribution >= 0.6 is 0 Å². The van der Waals surface area contributed by atoms with Gasteiger partial charge in [-0.25, -0.2) is 0 Å². The fraction of sp³-hybridized carbons (Fsp3) is 0.529. The van der Waals surface area contributed by atoms with E-state index < -0.39 is 0 Å². The lowest BCUT2D eigenvalue weighted by atomic mass is 10.0. The molecule has 1 aromatic carbocycles. The first kappa shape index (κ1) is 15.5. The van der Waals surface area contributed by atoms with Gasteiger partial charge in [0.2, 0.25) is 5.91 Å². The summed E-state index contributed by atoms with van der Waals surface area (Å²) in [7, 11) is 0. The summed E-state index contributed by atoms with van der Waals surface area (Å²) >= 11 is 0. The van der Waals surface area contributed by atoms with E-state index in [2.05, 4.69) is 23.2 Å². The minimum absolute atomic E-state index is 0.0461. The van der Waals surface area contributed by atoms with Gasteiger partial charge in [-0.3, -0.25) is 4.79 Å². The van der Waals surface area contributed by atoms with Crippen LogP contribution in [0.3, 0.4) is 0 Å². The fourth-order valence-corrected chi connectivity index (χ4v) is 2.80. The lowest BCUT2D eigenvalue weighted by Crippen LogP contribution is -2.35. The smallest absolute Gasteiger partial charge is 0.224 e. The molecule has 1 saturated heterocycles. The Morgan fingerprint density at radius 1 is 1.43 bits per heavy atom. The van der Waals surface area contributed by atoms with Crippen molar-refractivity contribution in [1.29, 1.82) is 5.26 Å². The topological polar surface area (TPSA) is 56.1 Å². The number of hydrogen-bond donors (Lipinski definition) is 1. The van der Waals surface area contributed by atoms with E-state index in [9.17, 15) is 4.79 Å². The molecule has 2 rings (SSSR count). The third-order valence-electron chi connectivity index (χ3n) is 3.92. The van der Waals surface area contributed by atoms with Gasteiger partial charge in [0.05, 0.1) is 11.6 Å². The fourth-order valence-electron chi connectivity index (χ4n) is 2.80. The maximum atomic E-state index is 11.9. The molecule has 21 heavy (non-hydrogen) atoms. The second kappa shape index (κ2) is 7.80. The average molecular weight is 285 g/mol. The number of rotatable bonds is 5. The quantitative estimate of drug-likeness (QED) is 0.904. The summed E-state index contributed by atoms with van der Waals surface area (Å²) in [5.41, 5.74) is 1.36. The number of piperidine rings is 1. The van der Waals surface area contributed by atoms with Crippen LogP contribution in [0.15, 0.2) is 24.3 Å². The number of carbonyl (C=O) groups excluding carboxylic acids is 1. The van der Waals surface area contributed by atoms with Crippen molar-refractivity contribution in [2.75, 3.05) is 25.0 Å². The van der Waals surface area contributed by atoms with Crippen molar-refractivity contribution >= 4 is 11.6 Å². The molecule has 1 fully saturated rings. The van der Waals surface area contributed by atoms with Gasteiger partial charge in [0.1, 0.15) is 0 Å². The molecular formula is C17H23N3O. The predicted molar refractivity (Wildman–Crippen MR) is 83.9 cm³/mol. The minimum atomic E-state index is 0.0461. The molecule has 1 heterocycles. The number of hydrogen-bond acceptors (Lipinski definition) is 3. The summed E-state index contributed by atoms with van der Waals surface area (Å²) in [6.07, 6.45) is 4.05. The molecule has 1 amide bonds. The second-order valence-electron chi connectivity index (χ2n) is 5.89. The summed E-state index contributed by atoms with van der Waals surface area (Å²) in [5.74, 6) is 0.830. The van der Waals surface area contributed by atoms with E-state index in [-0.39, 0.29) is 5.91 Å². The summed E-state index contributed by atoms with van der Waals surface area (Å²) in [5, 5.41) is 11.6. The van der Waals surface area contributed by atoms with Gasteiger partial charge < -0.3 is 10.2 Å². The minimum Gasteiger partial charge on any atom is -0.326 e. The van der Waals surface area contributed by atoms with Crippen molar-refractivity contribution in [3.05, 3.63) is 29.8 Å². The van der Waals surface area contributed by atoms with Crippen LogP contribution in [0, 0.1) is 17.2 Å². The van der Waals surface area contributed by atoms with Crippen LogP contribution in [0.1, 0.15) is 38.2 Å². The van der Waals surface area contributed by atoms with Crippen molar-refractivity contribution in [3.8, 4) is 6.07 Å². The number of amides is 1. The van der Waals surface area contributed by atoms with Crippen molar-refractivity contribution in [1.82, 2.24) is 4.90 Å². The van der Waals surface area contributed by atoms with Crippen molar-refractivity contribution in [2.45, 2.75) is 32.6 Å². The SMILES string of the molecule is CC1CCCN(CCCC(=O)Nc2ccc(C#N)cc2)C1. The first-order valence-corrected chi connectivity index (χ1v) is 7.70. The Kier molecular flexibility index (Phi) is 5.77. The van der Waals surface area contributed by atoms with Crippen molar-refractivity contribution in [3.63, 3.8) is 0 Å². The van der Waals surface area contributed by atoms with Crippen LogP contribution in [0.5, 0.6) is 0 Å². The normalized spacial score (nSPS) is 19.0. The zero-order valence-corrected chi connectivity index (χ0v) is 12.6. The Morgan fingerprint density at radius 3 is 2.86 bits per heavy atom. The Morgan fingerprint density at radius 2 is 2.19 bits per heavy atom. The molecule has 1 aliphatic rings. The van der Waals surface area contributed by atoms with Gasteiger partial charge >= 0.3 is 0 Å². The summed E-state index contributed by atoms with van der Waals surface area (Å²) in [4.78, 5) is 14.3. The number of nitrogens with zero attached hydrogens (tertiary/aromatic N) is 2. The standard InChI is InChI=1S/C17H23N3O/c1-14-4-2-10-20(13-14)11-3-5-17(21)19-16-8-6-15(12-18)7-9-16/h6-9,14H,2-5,10-11,13H2,1H3,(H,19,21). The Bertz CT molecular complexity index is 504. The lowest BCUT2D eigenvalue weighted by Gasteiger charge is -2.30. The van der Waals surface area contributed by atoms with Gasteiger partial charge in [-0.1, -0.05) is 6.92 Å². The largest absolute Gasteiger partial charge is 0.326 e. The first-order chi connectivity index (χ1) is 10.2. The van der Waals surface area contributed by atoms with Gasteiger partial charge in [-0.05, 0) is 62.5 Å². The van der Waals surface area contributed by atoms with Gasteiger partial charge in [0.15, 0.2) is 0 Å². The monoisotopic (exact) mass is 285 g/mol. The molecular weight excluding hydrogens is 262 g/mol. The number of nitrogens with one attached hydrogen (secondary N) is 1. The summed E-state index contributed by atoms with van der Waals surface area (Å²) in [6.45, 7) is 5.63. The Hall–Kier alpha value is -1.86. The molecule has 0 bridgehead atoms. The zero-order valence-electron chi connectivity index (χ0n) is 12.6. The van der Waals surface area contributed by atoms with Crippen molar-refractivity contribution < 1.29 is 4.79 Å². The number of anilines is 1. The van der Waals surface area contributed by atoms with E-state index in [0.29, 0.717) is 12.0 Å². The van der Waals surface area contributed by atoms with E-state index in [0.717, 1.165) is 31.1 Å². The van der Waals surface area contributed by atoms with Gasteiger partial charge in [-0.15, -0.1) is 0 Å². The van der Waals surface area contributed by atoms with Crippen LogP contribution in [-0.4, -0.2) is 30.4 Å². The highest BCUT2D eigenvalue weighted by Crippen LogP contribution is 2.16. The maximum absolute atomic E-state index is 11.9. The van der Waals surface area contributed by atoms with Gasteiger partial charge in [0.25, 0.3) is 0 Å². The van der Waals surface area contributed by atoms with Crippen LogP contribution in [0.4, 0.5) is 5.69 Å². The van der Waals surface area contributed by atoms with Crippen molar-refractivity contribution in [2.24, 2.45) is 5.92 Å². The highest BCUT2D eigenvalue weighted by Gasteiger charge is 2.15. The molecule has 1 unspecified atom stereocenters. The van der Waals surface area contributed by atoms with E-state index >= 15 is 0 Å². The molecule has 0 saturated carbocycles. The van der Waals surface area contributed by atoms with E-state index in [1.165, 1.54) is 19.4 Å². The van der Waals surface area contributed by atoms with Crippen LogP contribution in [0.2, 0.25) is 0 Å². The Labute approximate surface area is 126 Å². The van der Waals surface area contributed by atoms with E-state index in [1.54, 1.807) is 24.3 Å². The molecule has 0 aromatic heterocycles. The van der Waals surface area contributed by atoms with Gasteiger partial charge in [0, 0.05) is 18.7 Å². The van der Waals surface area contributed by atoms with E-state index in [1.807, 2.05) is 0 Å². The van der Waals surface area contributed by atoms with Crippen LogP contribution in [0.25, 0.3) is 0 Å². The van der Waals surface area contributed by atoms with Crippen LogP contribution < -0.4 is 5.32 Å². The molecule has 1 N–H and O–H groups in total. The maximum Gasteiger partial charge on any atom is 0.224 e.